The molecule has 0 bridgehead atoms. The normalized spacial score (nSPS) is 10.3. The van der Waals surface area contributed by atoms with Crippen LogP contribution in [-0.2, 0) is 4.79 Å². The van der Waals surface area contributed by atoms with Crippen LogP contribution >= 0.6 is 11.3 Å². The maximum atomic E-state index is 11.2. The number of phenols is 1. The van der Waals surface area contributed by atoms with Crippen LogP contribution in [0.2, 0.25) is 0 Å². The molecule has 0 atom stereocenters. The predicted octanol–water partition coefficient (Wildman–Crippen LogP) is 1.48. The van der Waals surface area contributed by atoms with Crippen molar-refractivity contribution in [3.63, 3.8) is 0 Å². The summed E-state index contributed by atoms with van der Waals surface area (Å²) >= 11 is 1.45. The van der Waals surface area contributed by atoms with E-state index in [2.05, 4.69) is 15.5 Å². The molecule has 0 fully saturated rings. The van der Waals surface area contributed by atoms with Gasteiger partial charge in [-0.25, -0.2) is 0 Å². The van der Waals surface area contributed by atoms with E-state index in [9.17, 15) is 9.90 Å². The Morgan fingerprint density at radius 1 is 1.35 bits per heavy atom. The molecule has 0 aliphatic heterocycles. The van der Waals surface area contributed by atoms with Crippen molar-refractivity contribution in [2.24, 2.45) is 0 Å². The van der Waals surface area contributed by atoms with Crippen LogP contribution in [0.15, 0.2) is 24.3 Å². The second-order valence-electron chi connectivity index (χ2n) is 4.28. The van der Waals surface area contributed by atoms with Crippen molar-refractivity contribution < 1.29 is 9.90 Å². The number of anilines is 1. The van der Waals surface area contributed by atoms with E-state index in [4.69, 9.17) is 0 Å². The first kappa shape index (κ1) is 14.3. The minimum atomic E-state index is 0.000114. The first-order valence-corrected chi connectivity index (χ1v) is 6.96. The Balaban J connectivity index is 2.04. The van der Waals surface area contributed by atoms with Gasteiger partial charge in [0.2, 0.25) is 11.0 Å². The van der Waals surface area contributed by atoms with Gasteiger partial charge in [0.1, 0.15) is 10.8 Å². The average molecular weight is 292 g/mol. The van der Waals surface area contributed by atoms with Gasteiger partial charge in [0.25, 0.3) is 0 Å². The maximum Gasteiger partial charge on any atom is 0.221 e. The number of nitrogens with one attached hydrogen (secondary N) is 1. The molecular weight excluding hydrogens is 276 g/mol. The lowest BCUT2D eigenvalue weighted by atomic mass is 10.2. The molecule has 0 radical (unpaired) electrons. The van der Waals surface area contributed by atoms with E-state index >= 15 is 0 Å². The molecule has 1 aromatic carbocycles. The van der Waals surface area contributed by atoms with Crippen LogP contribution in [0.1, 0.15) is 6.42 Å². The van der Waals surface area contributed by atoms with E-state index in [1.807, 2.05) is 11.9 Å². The van der Waals surface area contributed by atoms with Crippen LogP contribution in [0, 0.1) is 0 Å². The minimum Gasteiger partial charge on any atom is -0.508 e. The third-order valence-electron chi connectivity index (χ3n) is 2.81. The largest absolute Gasteiger partial charge is 0.508 e. The molecule has 1 amide bonds. The molecule has 0 aliphatic carbocycles. The molecule has 2 rings (SSSR count). The first-order chi connectivity index (χ1) is 9.60. The number of amides is 1. The number of carbonyl (C=O) groups excluding carboxylic acids is 1. The summed E-state index contributed by atoms with van der Waals surface area (Å²) in [6, 6.07) is 6.83. The minimum absolute atomic E-state index is 0.000114. The smallest absolute Gasteiger partial charge is 0.221 e. The highest BCUT2D eigenvalue weighted by Crippen LogP contribution is 2.29. The number of carbonyl (C=O) groups is 1. The van der Waals surface area contributed by atoms with Crippen molar-refractivity contribution in [1.82, 2.24) is 15.5 Å². The molecular formula is C13H16N4O2S. The third-order valence-corrected chi connectivity index (χ3v) is 3.89. The third kappa shape index (κ3) is 3.45. The highest BCUT2D eigenvalue weighted by atomic mass is 32.1. The van der Waals surface area contributed by atoms with Crippen LogP contribution in [0.25, 0.3) is 10.6 Å². The molecule has 0 spiro atoms. The molecule has 0 aliphatic rings. The number of rotatable bonds is 5. The van der Waals surface area contributed by atoms with E-state index < -0.39 is 0 Å². The zero-order valence-corrected chi connectivity index (χ0v) is 12.1. The lowest BCUT2D eigenvalue weighted by Gasteiger charge is -2.13. The Morgan fingerprint density at radius 3 is 2.70 bits per heavy atom. The van der Waals surface area contributed by atoms with Crippen molar-refractivity contribution in [3.8, 4) is 16.3 Å². The monoisotopic (exact) mass is 292 g/mol. The van der Waals surface area contributed by atoms with Gasteiger partial charge in [0.15, 0.2) is 0 Å². The quantitative estimate of drug-likeness (QED) is 0.873. The molecule has 2 aromatic rings. The van der Waals surface area contributed by atoms with Gasteiger partial charge in [0, 0.05) is 32.6 Å². The first-order valence-electron chi connectivity index (χ1n) is 6.15. The number of hydrogen-bond donors (Lipinski definition) is 2. The molecule has 20 heavy (non-hydrogen) atoms. The zero-order chi connectivity index (χ0) is 14.5. The van der Waals surface area contributed by atoms with Crippen LogP contribution in [0.3, 0.4) is 0 Å². The summed E-state index contributed by atoms with van der Waals surface area (Å²) in [5, 5.41) is 21.6. The maximum absolute atomic E-state index is 11.2. The van der Waals surface area contributed by atoms with Crippen LogP contribution in [0.4, 0.5) is 5.13 Å². The number of hydrogen-bond acceptors (Lipinski definition) is 6. The number of aromatic hydroxyl groups is 1. The Hall–Kier alpha value is -2.15. The van der Waals surface area contributed by atoms with E-state index in [-0.39, 0.29) is 11.7 Å². The molecule has 0 unspecified atom stereocenters. The molecule has 2 N–H and O–H groups in total. The standard InChI is InChI=1S/C13H16N4O2S/c1-14-11(19)7-8-17(2)13-16-15-12(20-13)9-3-5-10(18)6-4-9/h3-6,18H,7-8H2,1-2H3,(H,14,19). The second-order valence-corrected chi connectivity index (χ2v) is 5.24. The highest BCUT2D eigenvalue weighted by molar-refractivity contribution is 7.18. The Kier molecular flexibility index (Phi) is 4.52. The van der Waals surface area contributed by atoms with Gasteiger partial charge in [-0.05, 0) is 24.3 Å². The van der Waals surface area contributed by atoms with Gasteiger partial charge in [0.05, 0.1) is 0 Å². The van der Waals surface area contributed by atoms with Gasteiger partial charge in [-0.15, -0.1) is 10.2 Å². The summed E-state index contributed by atoms with van der Waals surface area (Å²) in [5.41, 5.74) is 0.909. The molecule has 0 saturated heterocycles. The number of benzene rings is 1. The van der Waals surface area contributed by atoms with Crippen molar-refractivity contribution in [3.05, 3.63) is 24.3 Å². The number of nitrogens with zero attached hydrogens (tertiary/aromatic N) is 3. The van der Waals surface area contributed by atoms with Gasteiger partial charge in [-0.2, -0.15) is 0 Å². The number of phenolic OH excluding ortho intramolecular Hbond substituents is 1. The lowest BCUT2D eigenvalue weighted by molar-refractivity contribution is -0.120. The summed E-state index contributed by atoms with van der Waals surface area (Å²) in [5.74, 6) is 0.223. The van der Waals surface area contributed by atoms with E-state index in [0.29, 0.717) is 13.0 Å². The van der Waals surface area contributed by atoms with Gasteiger partial charge in [-0.1, -0.05) is 11.3 Å². The number of aromatic nitrogens is 2. The molecule has 0 saturated carbocycles. The highest BCUT2D eigenvalue weighted by Gasteiger charge is 2.11. The van der Waals surface area contributed by atoms with E-state index in [0.717, 1.165) is 15.7 Å². The Morgan fingerprint density at radius 2 is 2.05 bits per heavy atom. The van der Waals surface area contributed by atoms with E-state index in [1.54, 1.807) is 31.3 Å². The van der Waals surface area contributed by atoms with Crippen molar-refractivity contribution in [1.29, 1.82) is 0 Å². The fraction of sp³-hybridized carbons (Fsp3) is 0.308. The Bertz CT molecular complexity index is 582. The summed E-state index contributed by atoms with van der Waals surface area (Å²) in [4.78, 5) is 13.1. The van der Waals surface area contributed by atoms with Gasteiger partial charge in [-0.3, -0.25) is 4.79 Å². The molecule has 1 heterocycles. The predicted molar refractivity (Wildman–Crippen MR) is 79.0 cm³/mol. The molecule has 7 heteroatoms. The lowest BCUT2D eigenvalue weighted by Crippen LogP contribution is -2.26. The van der Waals surface area contributed by atoms with Crippen molar-refractivity contribution >= 4 is 22.4 Å². The second kappa shape index (κ2) is 6.33. The zero-order valence-electron chi connectivity index (χ0n) is 11.3. The van der Waals surface area contributed by atoms with Crippen LogP contribution in [-0.4, -0.2) is 41.9 Å². The van der Waals surface area contributed by atoms with Gasteiger partial charge >= 0.3 is 0 Å². The van der Waals surface area contributed by atoms with E-state index in [1.165, 1.54) is 11.3 Å². The summed E-state index contributed by atoms with van der Waals surface area (Å²) < 4.78 is 0. The summed E-state index contributed by atoms with van der Waals surface area (Å²) in [6.45, 7) is 0.587. The SMILES string of the molecule is CNC(=O)CCN(C)c1nnc(-c2ccc(O)cc2)s1. The van der Waals surface area contributed by atoms with Crippen molar-refractivity contribution in [2.75, 3.05) is 25.5 Å². The summed E-state index contributed by atoms with van der Waals surface area (Å²) in [6.07, 6.45) is 0.418. The fourth-order valence-corrected chi connectivity index (χ4v) is 2.42. The van der Waals surface area contributed by atoms with Crippen molar-refractivity contribution in [2.45, 2.75) is 6.42 Å². The Labute approximate surface area is 121 Å². The average Bonchev–Trinajstić information content (AvgIpc) is 2.95. The fourth-order valence-electron chi connectivity index (χ4n) is 1.58. The molecule has 6 nitrogen and oxygen atoms in total. The van der Waals surface area contributed by atoms with Crippen LogP contribution in [0.5, 0.6) is 5.75 Å². The molecule has 1 aromatic heterocycles. The topological polar surface area (TPSA) is 78.4 Å². The molecule has 106 valence electrons. The summed E-state index contributed by atoms with van der Waals surface area (Å²) in [7, 11) is 3.50. The van der Waals surface area contributed by atoms with Crippen LogP contribution < -0.4 is 10.2 Å². The van der Waals surface area contributed by atoms with Gasteiger partial charge < -0.3 is 15.3 Å².